The fraction of sp³-hybridized carbons (Fsp3) is 0.240. The van der Waals surface area contributed by atoms with Crippen LogP contribution in [0.15, 0.2) is 76.0 Å². The Bertz CT molecular complexity index is 1280. The zero-order valence-corrected chi connectivity index (χ0v) is 20.1. The maximum absolute atomic E-state index is 13.2. The highest BCUT2D eigenvalue weighted by atomic mass is 32.2. The summed E-state index contributed by atoms with van der Waals surface area (Å²) < 4.78 is 7.38. The Balaban J connectivity index is 1.47. The molecule has 33 heavy (non-hydrogen) atoms. The molecule has 0 bridgehead atoms. The molecule has 0 aliphatic carbocycles. The standard InChI is InChI=1S/C25H25N3O3S2/c1-17(8-9-18-6-4-3-5-7-18)26-22(29)16-33-25-27-21-14-15-32-23(21)24(30)28(25)19-10-12-20(31-2)13-11-19/h3-7,10-15,17H,8-9,16H2,1-2H3,(H,26,29)/t17-/m1/s1. The molecule has 2 aromatic heterocycles. The van der Waals surface area contributed by atoms with Gasteiger partial charge in [0.2, 0.25) is 5.91 Å². The first-order chi connectivity index (χ1) is 16.0. The third-order valence-electron chi connectivity index (χ3n) is 5.23. The maximum Gasteiger partial charge on any atom is 0.276 e. The van der Waals surface area contributed by atoms with Gasteiger partial charge in [0.25, 0.3) is 5.56 Å². The lowest BCUT2D eigenvalue weighted by atomic mass is 10.1. The number of nitrogens with zero attached hydrogens (tertiary/aromatic N) is 2. The van der Waals surface area contributed by atoms with E-state index in [0.29, 0.717) is 26.8 Å². The van der Waals surface area contributed by atoms with Crippen molar-refractivity contribution in [2.75, 3.05) is 12.9 Å². The van der Waals surface area contributed by atoms with Crippen LogP contribution in [0.1, 0.15) is 18.9 Å². The van der Waals surface area contributed by atoms with E-state index in [1.165, 1.54) is 28.7 Å². The van der Waals surface area contributed by atoms with Gasteiger partial charge in [0.05, 0.1) is 24.1 Å². The number of thioether (sulfide) groups is 1. The molecule has 6 nitrogen and oxygen atoms in total. The molecule has 1 amide bonds. The summed E-state index contributed by atoms with van der Waals surface area (Å²) >= 11 is 2.63. The average molecular weight is 480 g/mol. The van der Waals surface area contributed by atoms with Gasteiger partial charge < -0.3 is 10.1 Å². The van der Waals surface area contributed by atoms with Gasteiger partial charge in [0.1, 0.15) is 10.4 Å². The lowest BCUT2D eigenvalue weighted by Crippen LogP contribution is -2.34. The summed E-state index contributed by atoms with van der Waals surface area (Å²) in [7, 11) is 1.60. The predicted molar refractivity (Wildman–Crippen MR) is 135 cm³/mol. The van der Waals surface area contributed by atoms with Crippen molar-refractivity contribution in [3.8, 4) is 11.4 Å². The third-order valence-corrected chi connectivity index (χ3v) is 7.06. The van der Waals surface area contributed by atoms with Crippen LogP contribution in [0.2, 0.25) is 0 Å². The number of aryl methyl sites for hydroxylation is 1. The SMILES string of the molecule is COc1ccc(-n2c(SCC(=O)N[C@H](C)CCc3ccccc3)nc3ccsc3c2=O)cc1. The molecule has 4 rings (SSSR count). The highest BCUT2D eigenvalue weighted by Crippen LogP contribution is 2.24. The minimum Gasteiger partial charge on any atom is -0.497 e. The fourth-order valence-electron chi connectivity index (χ4n) is 3.49. The van der Waals surface area contributed by atoms with E-state index in [1.54, 1.807) is 23.8 Å². The summed E-state index contributed by atoms with van der Waals surface area (Å²) in [5.74, 6) is 0.796. The molecule has 1 atom stereocenters. The molecule has 0 saturated carbocycles. The zero-order valence-electron chi connectivity index (χ0n) is 18.5. The Morgan fingerprint density at radius 2 is 1.91 bits per heavy atom. The van der Waals surface area contributed by atoms with Crippen molar-refractivity contribution < 1.29 is 9.53 Å². The van der Waals surface area contributed by atoms with E-state index in [0.717, 1.165) is 12.8 Å². The number of rotatable bonds is 9. The van der Waals surface area contributed by atoms with Crippen LogP contribution in [0.3, 0.4) is 0 Å². The van der Waals surface area contributed by atoms with E-state index in [1.807, 2.05) is 48.7 Å². The van der Waals surface area contributed by atoms with E-state index in [2.05, 4.69) is 22.4 Å². The van der Waals surface area contributed by atoms with Crippen molar-refractivity contribution in [2.24, 2.45) is 0 Å². The van der Waals surface area contributed by atoms with E-state index in [9.17, 15) is 9.59 Å². The van der Waals surface area contributed by atoms with Crippen molar-refractivity contribution in [3.63, 3.8) is 0 Å². The summed E-state index contributed by atoms with van der Waals surface area (Å²) in [6, 6.07) is 19.3. The Labute approximate surface area is 200 Å². The molecule has 0 saturated heterocycles. The number of hydrogen-bond donors (Lipinski definition) is 1. The Morgan fingerprint density at radius 3 is 2.64 bits per heavy atom. The van der Waals surface area contributed by atoms with Crippen LogP contribution in [0.25, 0.3) is 15.9 Å². The van der Waals surface area contributed by atoms with E-state index in [-0.39, 0.29) is 23.3 Å². The second-order valence-electron chi connectivity index (χ2n) is 7.65. The topological polar surface area (TPSA) is 73.2 Å². The van der Waals surface area contributed by atoms with Gasteiger partial charge in [-0.3, -0.25) is 14.2 Å². The molecule has 0 fully saturated rings. The van der Waals surface area contributed by atoms with Crippen molar-refractivity contribution >= 4 is 39.2 Å². The van der Waals surface area contributed by atoms with Crippen molar-refractivity contribution in [1.29, 1.82) is 0 Å². The average Bonchev–Trinajstić information content (AvgIpc) is 3.31. The number of thiophene rings is 1. The van der Waals surface area contributed by atoms with Crippen LogP contribution in [-0.4, -0.2) is 34.4 Å². The Kier molecular flexibility index (Phi) is 7.47. The molecule has 0 spiro atoms. The number of fused-ring (bicyclic) bond motifs is 1. The molecular weight excluding hydrogens is 454 g/mol. The Morgan fingerprint density at radius 1 is 1.15 bits per heavy atom. The van der Waals surface area contributed by atoms with Gasteiger partial charge in [-0.25, -0.2) is 4.98 Å². The highest BCUT2D eigenvalue weighted by molar-refractivity contribution is 7.99. The van der Waals surface area contributed by atoms with Crippen molar-refractivity contribution in [3.05, 3.63) is 82.0 Å². The number of carbonyl (C=O) groups excluding carboxylic acids is 1. The number of aromatic nitrogens is 2. The smallest absolute Gasteiger partial charge is 0.276 e. The Hall–Kier alpha value is -3.10. The van der Waals surface area contributed by atoms with Crippen LogP contribution in [0.4, 0.5) is 0 Å². The predicted octanol–water partition coefficient (Wildman–Crippen LogP) is 4.69. The fourth-order valence-corrected chi connectivity index (χ4v) is 5.08. The van der Waals surface area contributed by atoms with Gasteiger partial charge in [0.15, 0.2) is 5.16 Å². The van der Waals surface area contributed by atoms with Gasteiger partial charge in [-0.2, -0.15) is 0 Å². The quantitative estimate of drug-likeness (QED) is 0.279. The number of methoxy groups -OCH3 is 1. The molecule has 4 aromatic rings. The van der Waals surface area contributed by atoms with Gasteiger partial charge in [-0.05, 0) is 61.0 Å². The molecule has 8 heteroatoms. The number of nitrogens with one attached hydrogen (secondary N) is 1. The molecule has 2 aromatic carbocycles. The summed E-state index contributed by atoms with van der Waals surface area (Å²) in [5.41, 5.74) is 2.45. The zero-order chi connectivity index (χ0) is 23.2. The third kappa shape index (κ3) is 5.64. The molecule has 0 aliphatic heterocycles. The van der Waals surface area contributed by atoms with Crippen LogP contribution in [0.5, 0.6) is 5.75 Å². The van der Waals surface area contributed by atoms with Gasteiger partial charge in [-0.15, -0.1) is 11.3 Å². The minimum atomic E-state index is -0.140. The lowest BCUT2D eigenvalue weighted by molar-refractivity contribution is -0.119. The summed E-state index contributed by atoms with van der Waals surface area (Å²) in [5, 5.41) is 5.40. The van der Waals surface area contributed by atoms with Gasteiger partial charge >= 0.3 is 0 Å². The van der Waals surface area contributed by atoms with E-state index in [4.69, 9.17) is 4.74 Å². The summed E-state index contributed by atoms with van der Waals surface area (Å²) in [6.45, 7) is 2.01. The van der Waals surface area contributed by atoms with Crippen LogP contribution >= 0.6 is 23.1 Å². The second kappa shape index (κ2) is 10.7. The number of ether oxygens (including phenoxy) is 1. The van der Waals surface area contributed by atoms with Crippen molar-refractivity contribution in [1.82, 2.24) is 14.9 Å². The molecule has 2 heterocycles. The molecule has 1 N–H and O–H groups in total. The molecule has 0 aliphatic rings. The molecule has 170 valence electrons. The molecular formula is C25H25N3O3S2. The van der Waals surface area contributed by atoms with E-state index >= 15 is 0 Å². The summed E-state index contributed by atoms with van der Waals surface area (Å²) in [4.78, 5) is 30.5. The van der Waals surface area contributed by atoms with Crippen molar-refractivity contribution in [2.45, 2.75) is 31.0 Å². The monoisotopic (exact) mass is 479 g/mol. The maximum atomic E-state index is 13.2. The minimum absolute atomic E-state index is 0.0504. The van der Waals surface area contributed by atoms with Crippen LogP contribution in [0, 0.1) is 0 Å². The van der Waals surface area contributed by atoms with Crippen LogP contribution < -0.4 is 15.6 Å². The number of amides is 1. The first-order valence-electron chi connectivity index (χ1n) is 10.7. The van der Waals surface area contributed by atoms with Gasteiger partial charge in [-0.1, -0.05) is 42.1 Å². The molecule has 0 radical (unpaired) electrons. The highest BCUT2D eigenvalue weighted by Gasteiger charge is 2.16. The molecule has 0 unspecified atom stereocenters. The van der Waals surface area contributed by atoms with Crippen LogP contribution in [-0.2, 0) is 11.2 Å². The number of benzene rings is 2. The first-order valence-corrected chi connectivity index (χ1v) is 12.5. The summed E-state index contributed by atoms with van der Waals surface area (Å²) in [6.07, 6.45) is 1.76. The van der Waals surface area contributed by atoms with Gasteiger partial charge in [0, 0.05) is 6.04 Å². The number of carbonyl (C=O) groups is 1. The normalized spacial score (nSPS) is 11.9. The largest absolute Gasteiger partial charge is 0.497 e. The number of hydrogen-bond acceptors (Lipinski definition) is 6. The lowest BCUT2D eigenvalue weighted by Gasteiger charge is -2.15. The van der Waals surface area contributed by atoms with E-state index < -0.39 is 0 Å². The first kappa shape index (κ1) is 23.1. The second-order valence-corrected chi connectivity index (χ2v) is 9.51.